The zero-order valence-corrected chi connectivity index (χ0v) is 17.4. The highest BCUT2D eigenvalue weighted by Crippen LogP contribution is 2.34. The lowest BCUT2D eigenvalue weighted by Crippen LogP contribution is -2.13. The number of terminal acetylenes is 1. The molecular weight excluding hydrogens is 476 g/mol. The van der Waals surface area contributed by atoms with Crippen molar-refractivity contribution < 1.29 is 14.3 Å². The summed E-state index contributed by atoms with van der Waals surface area (Å²) in [6.07, 6.45) is 6.67. The number of carbonyl (C=O) groups excluding carboxylic acids is 1. The smallest absolute Gasteiger partial charge is 0.266 e. The first-order chi connectivity index (χ1) is 13.0. The molecule has 0 bridgehead atoms. The summed E-state index contributed by atoms with van der Waals surface area (Å²) < 4.78 is 12.2. The van der Waals surface area contributed by atoms with Gasteiger partial charge in [0.2, 0.25) is 0 Å². The highest BCUT2D eigenvalue weighted by molar-refractivity contribution is 9.10. The van der Waals surface area contributed by atoms with Crippen molar-refractivity contribution in [2.24, 2.45) is 0 Å². The second kappa shape index (κ2) is 9.82. The fourth-order valence-corrected chi connectivity index (χ4v) is 2.79. The van der Waals surface area contributed by atoms with Crippen molar-refractivity contribution in [1.82, 2.24) is 0 Å². The van der Waals surface area contributed by atoms with Gasteiger partial charge in [0.1, 0.15) is 18.2 Å². The van der Waals surface area contributed by atoms with Gasteiger partial charge >= 0.3 is 0 Å². The van der Waals surface area contributed by atoms with Crippen molar-refractivity contribution in [2.45, 2.75) is 0 Å². The van der Waals surface area contributed by atoms with Crippen LogP contribution in [0.3, 0.4) is 0 Å². The van der Waals surface area contributed by atoms with E-state index in [1.165, 1.54) is 13.2 Å². The van der Waals surface area contributed by atoms with Crippen molar-refractivity contribution in [1.29, 1.82) is 5.26 Å². The van der Waals surface area contributed by atoms with Gasteiger partial charge in [0.05, 0.1) is 7.11 Å². The quantitative estimate of drug-likeness (QED) is 0.360. The average molecular weight is 490 g/mol. The zero-order chi connectivity index (χ0) is 19.8. The first-order valence-corrected chi connectivity index (χ1v) is 9.19. The molecule has 0 aromatic heterocycles. The maximum Gasteiger partial charge on any atom is 0.266 e. The summed E-state index contributed by atoms with van der Waals surface area (Å²) >= 11 is 6.73. The third-order valence-electron chi connectivity index (χ3n) is 3.36. The Bertz CT molecular complexity index is 955. The SMILES string of the molecule is C#CCOc1cc(Br)c(/C=C(/C#N)C(=O)Nc2ccc(Br)cc2)cc1OC. The molecule has 0 aliphatic carbocycles. The minimum absolute atomic E-state index is 0.0574. The number of nitrogens with zero attached hydrogens (tertiary/aromatic N) is 1. The van der Waals surface area contributed by atoms with E-state index in [4.69, 9.17) is 15.9 Å². The number of benzene rings is 2. The molecule has 0 fully saturated rings. The molecule has 0 unspecified atom stereocenters. The summed E-state index contributed by atoms with van der Waals surface area (Å²) in [7, 11) is 1.49. The molecule has 0 heterocycles. The zero-order valence-electron chi connectivity index (χ0n) is 14.3. The topological polar surface area (TPSA) is 71.3 Å². The van der Waals surface area contributed by atoms with E-state index in [2.05, 4.69) is 43.1 Å². The Kier molecular flexibility index (Phi) is 7.48. The maximum absolute atomic E-state index is 12.4. The molecule has 0 spiro atoms. The Morgan fingerprint density at radius 3 is 2.56 bits per heavy atom. The number of amides is 1. The molecule has 1 amide bonds. The molecule has 0 aliphatic heterocycles. The Balaban J connectivity index is 2.30. The number of nitrogens with one attached hydrogen (secondary N) is 1. The van der Waals surface area contributed by atoms with Gasteiger partial charge in [-0.2, -0.15) is 5.26 Å². The first-order valence-electron chi connectivity index (χ1n) is 7.61. The minimum atomic E-state index is -0.515. The normalized spacial score (nSPS) is 10.5. The Hall–Kier alpha value is -2.74. The van der Waals surface area contributed by atoms with Crippen LogP contribution in [-0.4, -0.2) is 19.6 Å². The molecule has 2 rings (SSSR count). The standard InChI is InChI=1S/C20H14Br2N2O3/c1-3-8-27-19-11-17(22)13(10-18(19)26-2)9-14(12-23)20(25)24-16-6-4-15(21)5-7-16/h1,4-7,9-11H,8H2,2H3,(H,24,25)/b14-9-. The number of methoxy groups -OCH3 is 1. The highest BCUT2D eigenvalue weighted by Gasteiger charge is 2.13. The number of hydrogen-bond donors (Lipinski definition) is 1. The fourth-order valence-electron chi connectivity index (χ4n) is 2.09. The van der Waals surface area contributed by atoms with Crippen LogP contribution in [0.5, 0.6) is 11.5 Å². The number of ether oxygens (including phenoxy) is 2. The number of hydrogen-bond acceptors (Lipinski definition) is 4. The van der Waals surface area contributed by atoms with Gasteiger partial charge in [-0.3, -0.25) is 4.79 Å². The minimum Gasteiger partial charge on any atom is -0.493 e. The highest BCUT2D eigenvalue weighted by atomic mass is 79.9. The maximum atomic E-state index is 12.4. The van der Waals surface area contributed by atoms with Crippen LogP contribution in [0.1, 0.15) is 5.56 Å². The molecule has 0 atom stereocenters. The van der Waals surface area contributed by atoms with E-state index in [0.29, 0.717) is 27.2 Å². The summed E-state index contributed by atoms with van der Waals surface area (Å²) in [4.78, 5) is 12.4. The number of halogens is 2. The predicted molar refractivity (Wildman–Crippen MR) is 111 cm³/mol. The molecule has 136 valence electrons. The van der Waals surface area contributed by atoms with Gasteiger partial charge in [0.15, 0.2) is 11.5 Å². The van der Waals surface area contributed by atoms with Gasteiger partial charge in [-0.1, -0.05) is 37.8 Å². The Morgan fingerprint density at radius 1 is 1.26 bits per heavy atom. The van der Waals surface area contributed by atoms with Crippen molar-refractivity contribution >= 4 is 49.5 Å². The van der Waals surface area contributed by atoms with Crippen LogP contribution in [0.2, 0.25) is 0 Å². The Labute approximate surface area is 174 Å². The van der Waals surface area contributed by atoms with E-state index in [0.717, 1.165) is 4.47 Å². The van der Waals surface area contributed by atoms with Crippen molar-refractivity contribution in [3.63, 3.8) is 0 Å². The number of rotatable bonds is 6. The second-order valence-corrected chi connectivity index (χ2v) is 6.92. The summed E-state index contributed by atoms with van der Waals surface area (Å²) in [6, 6.07) is 12.3. The average Bonchev–Trinajstić information content (AvgIpc) is 2.67. The van der Waals surface area contributed by atoms with Gasteiger partial charge in [0, 0.05) is 14.6 Å². The lowest BCUT2D eigenvalue weighted by atomic mass is 10.1. The molecular formula is C20H14Br2N2O3. The van der Waals surface area contributed by atoms with Gasteiger partial charge in [-0.05, 0) is 48.0 Å². The van der Waals surface area contributed by atoms with Gasteiger partial charge < -0.3 is 14.8 Å². The van der Waals surface area contributed by atoms with Crippen LogP contribution in [0, 0.1) is 23.7 Å². The summed E-state index contributed by atoms with van der Waals surface area (Å²) in [5.41, 5.74) is 1.11. The van der Waals surface area contributed by atoms with E-state index < -0.39 is 5.91 Å². The molecule has 1 N–H and O–H groups in total. The summed E-state index contributed by atoms with van der Waals surface area (Å²) in [5, 5.41) is 12.1. The third-order valence-corrected chi connectivity index (χ3v) is 4.58. The molecule has 0 radical (unpaired) electrons. The molecule has 27 heavy (non-hydrogen) atoms. The van der Waals surface area contributed by atoms with Gasteiger partial charge in [-0.25, -0.2) is 0 Å². The molecule has 0 saturated heterocycles. The molecule has 2 aromatic carbocycles. The first kappa shape index (κ1) is 20.6. The van der Waals surface area contributed by atoms with Crippen LogP contribution in [0.15, 0.2) is 50.9 Å². The van der Waals surface area contributed by atoms with Crippen molar-refractivity contribution in [3.8, 4) is 29.9 Å². The lowest BCUT2D eigenvalue weighted by Gasteiger charge is -2.11. The van der Waals surface area contributed by atoms with E-state index in [9.17, 15) is 10.1 Å². The molecule has 7 heteroatoms. The van der Waals surface area contributed by atoms with Crippen LogP contribution in [0.4, 0.5) is 5.69 Å². The van der Waals surface area contributed by atoms with Gasteiger partial charge in [-0.15, -0.1) is 6.42 Å². The molecule has 2 aromatic rings. The Morgan fingerprint density at radius 2 is 1.96 bits per heavy atom. The third kappa shape index (κ3) is 5.62. The van der Waals surface area contributed by atoms with E-state index in [-0.39, 0.29) is 12.2 Å². The molecule has 0 aliphatic rings. The summed E-state index contributed by atoms with van der Waals surface area (Å²) in [5.74, 6) is 2.76. The van der Waals surface area contributed by atoms with Crippen LogP contribution in [-0.2, 0) is 4.79 Å². The van der Waals surface area contributed by atoms with Gasteiger partial charge in [0.25, 0.3) is 5.91 Å². The number of anilines is 1. The van der Waals surface area contributed by atoms with Crippen LogP contribution < -0.4 is 14.8 Å². The summed E-state index contributed by atoms with van der Waals surface area (Å²) in [6.45, 7) is 0.0943. The molecule has 0 saturated carbocycles. The van der Waals surface area contributed by atoms with E-state index >= 15 is 0 Å². The van der Waals surface area contributed by atoms with Crippen molar-refractivity contribution in [2.75, 3.05) is 19.0 Å². The van der Waals surface area contributed by atoms with E-state index in [1.807, 2.05) is 6.07 Å². The van der Waals surface area contributed by atoms with E-state index in [1.54, 1.807) is 36.4 Å². The van der Waals surface area contributed by atoms with Crippen LogP contribution in [0.25, 0.3) is 6.08 Å². The lowest BCUT2D eigenvalue weighted by molar-refractivity contribution is -0.112. The second-order valence-electron chi connectivity index (χ2n) is 5.15. The monoisotopic (exact) mass is 488 g/mol. The number of carbonyl (C=O) groups is 1. The fraction of sp³-hybridized carbons (Fsp3) is 0.100. The van der Waals surface area contributed by atoms with Crippen molar-refractivity contribution in [3.05, 3.63) is 56.5 Å². The largest absolute Gasteiger partial charge is 0.493 e. The molecule has 5 nitrogen and oxygen atoms in total. The van der Waals surface area contributed by atoms with Crippen LogP contribution >= 0.6 is 31.9 Å². The number of nitriles is 1. The predicted octanol–water partition coefficient (Wildman–Crippen LogP) is 4.78.